The second-order valence-electron chi connectivity index (χ2n) is 7.02. The molecule has 0 radical (unpaired) electrons. The highest BCUT2D eigenvalue weighted by molar-refractivity contribution is 5.99. The molecule has 5 nitrogen and oxygen atoms in total. The summed E-state index contributed by atoms with van der Waals surface area (Å²) in [5.41, 5.74) is 8.87. The molecule has 0 bridgehead atoms. The van der Waals surface area contributed by atoms with Gasteiger partial charge >= 0.3 is 0 Å². The number of nitrogens with one attached hydrogen (secondary N) is 2. The van der Waals surface area contributed by atoms with Crippen LogP contribution in [0.25, 0.3) is 22.4 Å². The summed E-state index contributed by atoms with van der Waals surface area (Å²) in [5, 5.41) is 5.55. The first-order chi connectivity index (χ1) is 13.6. The van der Waals surface area contributed by atoms with Crippen molar-refractivity contribution >= 4 is 12.3 Å². The number of aryl methyl sites for hydroxylation is 2. The van der Waals surface area contributed by atoms with Crippen molar-refractivity contribution in [2.45, 2.75) is 26.9 Å². The fourth-order valence-corrected chi connectivity index (χ4v) is 3.61. The minimum atomic E-state index is -0.0233. The molecule has 2 heterocycles. The molecule has 0 saturated carbocycles. The van der Waals surface area contributed by atoms with Gasteiger partial charge in [-0.05, 0) is 48.2 Å². The zero-order valence-corrected chi connectivity index (χ0v) is 15.9. The van der Waals surface area contributed by atoms with Crippen LogP contribution in [-0.4, -0.2) is 17.3 Å². The maximum absolute atomic E-state index is 11.9. The lowest BCUT2D eigenvalue weighted by molar-refractivity contribution is -0.109. The number of carbonyl (C=O) groups is 2. The average molecular weight is 371 g/mol. The number of aromatic nitrogens is 1. The Labute approximate surface area is 163 Å². The molecule has 2 amide bonds. The first kappa shape index (κ1) is 17.9. The van der Waals surface area contributed by atoms with Crippen molar-refractivity contribution in [3.63, 3.8) is 0 Å². The Hall–Kier alpha value is -3.47. The summed E-state index contributed by atoms with van der Waals surface area (Å²) in [6, 6.07) is 16.2. The maximum Gasteiger partial charge on any atom is 0.251 e. The van der Waals surface area contributed by atoms with E-state index in [4.69, 9.17) is 4.98 Å². The van der Waals surface area contributed by atoms with Gasteiger partial charge in [-0.15, -0.1) is 0 Å². The number of pyridine rings is 1. The number of hydrogen-bond donors (Lipinski definition) is 2. The summed E-state index contributed by atoms with van der Waals surface area (Å²) in [5.74, 6) is -0.0233. The normalized spacial score (nSPS) is 12.4. The van der Waals surface area contributed by atoms with E-state index in [1.54, 1.807) is 0 Å². The molecule has 140 valence electrons. The van der Waals surface area contributed by atoms with E-state index < -0.39 is 0 Å². The SMILES string of the molecule is Cc1cc(-c2ccc(-c3ccc4c(c3)C(=O)NC4)nc2C)ccc1CNC=O. The lowest BCUT2D eigenvalue weighted by Crippen LogP contribution is -2.12. The van der Waals surface area contributed by atoms with Gasteiger partial charge in [0.25, 0.3) is 5.91 Å². The molecule has 2 N–H and O–H groups in total. The highest BCUT2D eigenvalue weighted by Gasteiger charge is 2.19. The molecular formula is C23H21N3O2. The molecule has 3 aromatic rings. The van der Waals surface area contributed by atoms with Crippen LogP contribution in [0.15, 0.2) is 48.5 Å². The van der Waals surface area contributed by atoms with Crippen LogP contribution in [0.5, 0.6) is 0 Å². The van der Waals surface area contributed by atoms with Gasteiger partial charge in [-0.3, -0.25) is 14.6 Å². The van der Waals surface area contributed by atoms with Crippen LogP contribution in [-0.2, 0) is 17.9 Å². The number of fused-ring (bicyclic) bond motifs is 1. The number of amides is 2. The van der Waals surface area contributed by atoms with Gasteiger partial charge in [-0.2, -0.15) is 0 Å². The summed E-state index contributed by atoms with van der Waals surface area (Å²) in [4.78, 5) is 27.2. The van der Waals surface area contributed by atoms with E-state index >= 15 is 0 Å². The molecule has 2 aromatic carbocycles. The Kier molecular flexibility index (Phi) is 4.65. The Morgan fingerprint density at radius 1 is 1.04 bits per heavy atom. The smallest absolute Gasteiger partial charge is 0.251 e. The molecule has 0 saturated heterocycles. The standard InChI is InChI=1S/C23H21N3O2/c1-14-9-16(3-5-18(14)11-24-13-27)20-7-8-22(26-15(20)2)17-4-6-19-12-25-23(28)21(19)10-17/h3-10,13H,11-12H2,1-2H3,(H,24,27)(H,25,28). The Bertz CT molecular complexity index is 1090. The largest absolute Gasteiger partial charge is 0.355 e. The van der Waals surface area contributed by atoms with Gasteiger partial charge in [-0.25, -0.2) is 0 Å². The van der Waals surface area contributed by atoms with Gasteiger partial charge in [0.2, 0.25) is 6.41 Å². The van der Waals surface area contributed by atoms with Gasteiger partial charge in [0.1, 0.15) is 0 Å². The molecule has 28 heavy (non-hydrogen) atoms. The molecular weight excluding hydrogens is 350 g/mol. The highest BCUT2D eigenvalue weighted by atomic mass is 16.2. The van der Waals surface area contributed by atoms with Crippen LogP contribution in [0, 0.1) is 13.8 Å². The first-order valence-corrected chi connectivity index (χ1v) is 9.23. The van der Waals surface area contributed by atoms with Gasteiger partial charge < -0.3 is 10.6 Å². The molecule has 0 spiro atoms. The number of rotatable bonds is 5. The summed E-state index contributed by atoms with van der Waals surface area (Å²) >= 11 is 0. The minimum Gasteiger partial charge on any atom is -0.355 e. The third kappa shape index (κ3) is 3.27. The van der Waals surface area contributed by atoms with Crippen molar-refractivity contribution in [1.29, 1.82) is 0 Å². The van der Waals surface area contributed by atoms with E-state index in [2.05, 4.69) is 28.8 Å². The molecule has 0 fully saturated rings. The fraction of sp³-hybridized carbons (Fsp3) is 0.174. The monoisotopic (exact) mass is 371 g/mol. The van der Waals surface area contributed by atoms with Crippen LogP contribution >= 0.6 is 0 Å². The molecule has 1 aromatic heterocycles. The van der Waals surface area contributed by atoms with Gasteiger partial charge in [-0.1, -0.05) is 36.4 Å². The van der Waals surface area contributed by atoms with Crippen molar-refractivity contribution in [2.24, 2.45) is 0 Å². The van der Waals surface area contributed by atoms with E-state index in [1.165, 1.54) is 0 Å². The zero-order chi connectivity index (χ0) is 19.7. The predicted octanol–water partition coefficient (Wildman–Crippen LogP) is 3.52. The zero-order valence-electron chi connectivity index (χ0n) is 15.9. The Morgan fingerprint density at radius 2 is 1.86 bits per heavy atom. The second-order valence-corrected chi connectivity index (χ2v) is 7.02. The van der Waals surface area contributed by atoms with E-state index in [1.807, 2.05) is 44.2 Å². The van der Waals surface area contributed by atoms with Crippen LogP contribution in [0.4, 0.5) is 0 Å². The van der Waals surface area contributed by atoms with Crippen molar-refractivity contribution < 1.29 is 9.59 Å². The van der Waals surface area contributed by atoms with Gasteiger partial charge in [0, 0.05) is 35.5 Å². The van der Waals surface area contributed by atoms with Crippen LogP contribution in [0.1, 0.15) is 32.7 Å². The fourth-order valence-electron chi connectivity index (χ4n) is 3.61. The molecule has 0 atom stereocenters. The van der Waals surface area contributed by atoms with Gasteiger partial charge in [0.05, 0.1) is 5.69 Å². The van der Waals surface area contributed by atoms with Crippen LogP contribution < -0.4 is 10.6 Å². The van der Waals surface area contributed by atoms with Crippen molar-refractivity contribution in [2.75, 3.05) is 0 Å². The lowest BCUT2D eigenvalue weighted by Gasteiger charge is -2.12. The summed E-state index contributed by atoms with van der Waals surface area (Å²) in [6.07, 6.45) is 0.711. The van der Waals surface area contributed by atoms with Crippen LogP contribution in [0.2, 0.25) is 0 Å². The van der Waals surface area contributed by atoms with Crippen molar-refractivity contribution in [3.05, 3.63) is 76.5 Å². The molecule has 4 rings (SSSR count). The minimum absolute atomic E-state index is 0.0233. The summed E-state index contributed by atoms with van der Waals surface area (Å²) in [6.45, 7) is 5.16. The van der Waals surface area contributed by atoms with Gasteiger partial charge in [0.15, 0.2) is 0 Å². The van der Waals surface area contributed by atoms with E-state index in [0.29, 0.717) is 19.5 Å². The topological polar surface area (TPSA) is 71.1 Å². The molecule has 5 heteroatoms. The lowest BCUT2D eigenvalue weighted by atomic mass is 9.97. The summed E-state index contributed by atoms with van der Waals surface area (Å²) in [7, 11) is 0. The third-order valence-electron chi connectivity index (χ3n) is 5.20. The Balaban J connectivity index is 1.65. The maximum atomic E-state index is 11.9. The van der Waals surface area contributed by atoms with E-state index in [-0.39, 0.29) is 5.91 Å². The number of hydrogen-bond acceptors (Lipinski definition) is 3. The summed E-state index contributed by atoms with van der Waals surface area (Å²) < 4.78 is 0. The van der Waals surface area contributed by atoms with Crippen molar-refractivity contribution in [1.82, 2.24) is 15.6 Å². The number of nitrogens with zero attached hydrogens (tertiary/aromatic N) is 1. The molecule has 1 aliphatic rings. The average Bonchev–Trinajstić information content (AvgIpc) is 3.07. The first-order valence-electron chi connectivity index (χ1n) is 9.23. The second kappa shape index (κ2) is 7.27. The Morgan fingerprint density at radius 3 is 2.61 bits per heavy atom. The molecule has 0 aliphatic carbocycles. The van der Waals surface area contributed by atoms with Crippen LogP contribution in [0.3, 0.4) is 0 Å². The van der Waals surface area contributed by atoms with Crippen molar-refractivity contribution in [3.8, 4) is 22.4 Å². The number of benzene rings is 2. The quantitative estimate of drug-likeness (QED) is 0.674. The van der Waals surface area contributed by atoms with E-state index in [0.717, 1.165) is 50.3 Å². The van der Waals surface area contributed by atoms with E-state index in [9.17, 15) is 9.59 Å². The number of carbonyl (C=O) groups excluding carboxylic acids is 2. The highest BCUT2D eigenvalue weighted by Crippen LogP contribution is 2.29. The third-order valence-corrected chi connectivity index (χ3v) is 5.20. The predicted molar refractivity (Wildman–Crippen MR) is 109 cm³/mol. The molecule has 0 unspecified atom stereocenters. The molecule has 1 aliphatic heterocycles.